The molecular weight excluding hydrogens is 553 g/mol. The lowest BCUT2D eigenvalue weighted by molar-refractivity contribution is -0.137. The minimum Gasteiger partial charge on any atom is -0.489 e. The number of ether oxygens (including phenoxy) is 1. The molecule has 12 heteroatoms. The van der Waals surface area contributed by atoms with E-state index in [-0.39, 0.29) is 18.9 Å². The van der Waals surface area contributed by atoms with Crippen molar-refractivity contribution in [2.45, 2.75) is 33.2 Å². The average molecular weight is 585 g/mol. The van der Waals surface area contributed by atoms with Crippen LogP contribution in [-0.4, -0.2) is 43.8 Å². The first-order chi connectivity index (χ1) is 20.2. The highest BCUT2D eigenvalue weighted by Gasteiger charge is 2.30. The van der Waals surface area contributed by atoms with Gasteiger partial charge in [-0.25, -0.2) is 0 Å². The number of benzene rings is 3. The molecule has 0 bridgehead atoms. The molecular formula is C30H31F3N4O5. The molecule has 0 radical (unpaired) electrons. The van der Waals surface area contributed by atoms with Gasteiger partial charge < -0.3 is 24.6 Å². The maximum atomic E-state index is 13.0. The van der Waals surface area contributed by atoms with E-state index >= 15 is 0 Å². The van der Waals surface area contributed by atoms with Crippen molar-refractivity contribution in [3.63, 3.8) is 0 Å². The van der Waals surface area contributed by atoms with E-state index in [1.165, 1.54) is 20.2 Å². The molecule has 3 aromatic carbocycles. The van der Waals surface area contributed by atoms with Crippen molar-refractivity contribution < 1.29 is 37.2 Å². The second kappa shape index (κ2) is 15.2. The number of rotatable bonds is 13. The third-order valence-electron chi connectivity index (χ3n) is 5.73. The monoisotopic (exact) mass is 584 g/mol. The Morgan fingerprint density at radius 2 is 1.62 bits per heavy atom. The largest absolute Gasteiger partial charge is 0.489 e. The molecule has 1 N–H and O–H groups in total. The topological polar surface area (TPSA) is 103 Å². The highest BCUT2D eigenvalue weighted by atomic mass is 19.4. The molecule has 0 heterocycles. The number of likely N-dealkylation sites (N-methyl/N-ethyl adjacent to an activating group) is 1. The third kappa shape index (κ3) is 8.82. The summed E-state index contributed by atoms with van der Waals surface area (Å²) in [5.74, 6) is 0.0383. The second-order valence-corrected chi connectivity index (χ2v) is 8.68. The van der Waals surface area contributed by atoms with Crippen LogP contribution in [0.25, 0.3) is 0 Å². The van der Waals surface area contributed by atoms with Crippen molar-refractivity contribution in [2.24, 2.45) is 15.5 Å². The Hall–Kier alpha value is -4.87. The molecule has 0 saturated heterocycles. The lowest BCUT2D eigenvalue weighted by Gasteiger charge is -2.12. The molecule has 0 spiro atoms. The van der Waals surface area contributed by atoms with E-state index in [9.17, 15) is 18.0 Å². The van der Waals surface area contributed by atoms with Crippen LogP contribution in [0, 0.1) is 0 Å². The molecule has 0 saturated carbocycles. The number of halogens is 3. The number of nitrogens with zero attached hydrogens (tertiary/aromatic N) is 3. The molecule has 222 valence electrons. The number of hydrogen-bond donors (Lipinski definition) is 1. The fraction of sp³-hybridized carbons (Fsp3) is 0.267. The summed E-state index contributed by atoms with van der Waals surface area (Å²) in [6.45, 7) is 3.80. The normalized spacial score (nSPS) is 12.5. The van der Waals surface area contributed by atoms with E-state index in [1.54, 1.807) is 68.4 Å². The molecule has 3 rings (SSSR count). The summed E-state index contributed by atoms with van der Waals surface area (Å²) in [5, 5.41) is 14.7. The molecule has 1 amide bonds. The average Bonchev–Trinajstić information content (AvgIpc) is 2.99. The Kier molecular flexibility index (Phi) is 11.5. The quantitative estimate of drug-likeness (QED) is 0.205. The number of oxime groups is 3. The van der Waals surface area contributed by atoms with Gasteiger partial charge in [0.2, 0.25) is 0 Å². The third-order valence-corrected chi connectivity index (χ3v) is 5.73. The molecule has 0 unspecified atom stereocenters. The van der Waals surface area contributed by atoms with Gasteiger partial charge in [-0.15, -0.1) is 0 Å². The van der Waals surface area contributed by atoms with Crippen LogP contribution in [0.3, 0.4) is 0 Å². The summed E-state index contributed by atoms with van der Waals surface area (Å²) < 4.78 is 44.6. The van der Waals surface area contributed by atoms with E-state index in [4.69, 9.17) is 19.2 Å². The summed E-state index contributed by atoms with van der Waals surface area (Å²) in [7, 11) is 2.85. The van der Waals surface area contributed by atoms with E-state index in [1.807, 2.05) is 0 Å². The molecule has 3 aromatic rings. The summed E-state index contributed by atoms with van der Waals surface area (Å²) in [6.07, 6.45) is -4.42. The van der Waals surface area contributed by atoms with Crippen molar-refractivity contribution >= 4 is 23.0 Å². The maximum absolute atomic E-state index is 13.0. The molecule has 0 aliphatic carbocycles. The SMILES string of the molecule is CCO/N=C(/C(C)=N\OCc1ccccc1C(=NOC)C(=O)NC)c1ccc(OCc2cccc(C(F)(F)F)c2)cc1. The molecule has 9 nitrogen and oxygen atoms in total. The maximum Gasteiger partial charge on any atom is 0.416 e. The van der Waals surface area contributed by atoms with Gasteiger partial charge >= 0.3 is 6.18 Å². The van der Waals surface area contributed by atoms with Gasteiger partial charge in [-0.05, 0) is 55.8 Å². The fourth-order valence-corrected chi connectivity index (χ4v) is 3.71. The zero-order chi connectivity index (χ0) is 30.5. The van der Waals surface area contributed by atoms with Gasteiger partial charge in [-0.2, -0.15) is 13.2 Å². The fourth-order valence-electron chi connectivity index (χ4n) is 3.71. The number of carbonyl (C=O) groups is 1. The lowest BCUT2D eigenvalue weighted by Crippen LogP contribution is -2.29. The first kappa shape index (κ1) is 31.7. The van der Waals surface area contributed by atoms with Crippen LogP contribution in [0.2, 0.25) is 0 Å². The zero-order valence-electron chi connectivity index (χ0n) is 23.6. The van der Waals surface area contributed by atoms with Gasteiger partial charge in [0, 0.05) is 23.7 Å². The van der Waals surface area contributed by atoms with Crippen molar-refractivity contribution in [2.75, 3.05) is 20.8 Å². The minimum absolute atomic E-state index is 0.0253. The molecule has 42 heavy (non-hydrogen) atoms. The van der Waals surface area contributed by atoms with Gasteiger partial charge in [0.25, 0.3) is 5.91 Å². The predicted octanol–water partition coefficient (Wildman–Crippen LogP) is 5.71. The van der Waals surface area contributed by atoms with Gasteiger partial charge in [0.05, 0.1) is 5.56 Å². The van der Waals surface area contributed by atoms with E-state index in [0.29, 0.717) is 46.0 Å². The van der Waals surface area contributed by atoms with Crippen molar-refractivity contribution in [3.05, 3.63) is 101 Å². The van der Waals surface area contributed by atoms with Crippen LogP contribution in [0.15, 0.2) is 88.3 Å². The predicted molar refractivity (Wildman–Crippen MR) is 152 cm³/mol. The van der Waals surface area contributed by atoms with E-state index in [2.05, 4.69) is 20.8 Å². The van der Waals surface area contributed by atoms with E-state index < -0.39 is 17.6 Å². The molecule has 0 aliphatic heterocycles. The molecule has 0 fully saturated rings. The molecule has 0 aromatic heterocycles. The van der Waals surface area contributed by atoms with Crippen LogP contribution in [0.5, 0.6) is 5.75 Å². The van der Waals surface area contributed by atoms with Crippen LogP contribution < -0.4 is 10.1 Å². The molecule has 0 aliphatic rings. The lowest BCUT2D eigenvalue weighted by atomic mass is 10.0. The standard InChI is InChI=1S/C30H31F3N4O5/c1-5-41-37-27(20(2)35-42-19-23-10-6-7-12-26(23)28(36-39-4)29(38)34-3)22-13-15-25(16-14-22)40-18-21-9-8-11-24(17-21)30(31,32)33/h6-17H,5,18-19H2,1-4H3,(H,34,38)/b35-20-,36-28?,37-27-. The zero-order valence-corrected chi connectivity index (χ0v) is 23.6. The van der Waals surface area contributed by atoms with E-state index in [0.717, 1.165) is 12.1 Å². The first-order valence-electron chi connectivity index (χ1n) is 12.9. The molecule has 0 atom stereocenters. The summed E-state index contributed by atoms with van der Waals surface area (Å²) >= 11 is 0. The van der Waals surface area contributed by atoms with Crippen LogP contribution in [0.1, 0.15) is 41.7 Å². The number of carbonyl (C=O) groups excluding carboxylic acids is 1. The van der Waals surface area contributed by atoms with Gasteiger partial charge in [-0.3, -0.25) is 4.79 Å². The Bertz CT molecular complexity index is 1440. The van der Waals surface area contributed by atoms with Crippen LogP contribution in [0.4, 0.5) is 13.2 Å². The number of alkyl halides is 3. The van der Waals surface area contributed by atoms with Crippen LogP contribution >= 0.6 is 0 Å². The summed E-state index contributed by atoms with van der Waals surface area (Å²) in [4.78, 5) is 28.0. The van der Waals surface area contributed by atoms with Crippen molar-refractivity contribution in [1.29, 1.82) is 0 Å². The van der Waals surface area contributed by atoms with Crippen molar-refractivity contribution in [1.82, 2.24) is 5.32 Å². The van der Waals surface area contributed by atoms with Gasteiger partial charge in [-0.1, -0.05) is 51.9 Å². The number of nitrogens with one attached hydrogen (secondary N) is 1. The summed E-state index contributed by atoms with van der Waals surface area (Å²) in [5.41, 5.74) is 2.39. The Labute approximate surface area is 241 Å². The summed E-state index contributed by atoms with van der Waals surface area (Å²) in [6, 6.07) is 18.8. The van der Waals surface area contributed by atoms with Crippen molar-refractivity contribution in [3.8, 4) is 5.75 Å². The first-order valence-corrected chi connectivity index (χ1v) is 12.9. The number of hydrogen-bond acceptors (Lipinski definition) is 8. The highest BCUT2D eigenvalue weighted by Crippen LogP contribution is 2.29. The minimum atomic E-state index is -4.42. The Balaban J connectivity index is 1.73. The second-order valence-electron chi connectivity index (χ2n) is 8.68. The Morgan fingerprint density at radius 3 is 2.29 bits per heavy atom. The highest BCUT2D eigenvalue weighted by molar-refractivity contribution is 6.47. The Morgan fingerprint density at radius 1 is 0.881 bits per heavy atom. The van der Waals surface area contributed by atoms with Gasteiger partial charge in [0.15, 0.2) is 5.71 Å². The van der Waals surface area contributed by atoms with Gasteiger partial charge in [0.1, 0.15) is 44.1 Å². The van der Waals surface area contributed by atoms with Crippen LogP contribution in [-0.2, 0) is 38.7 Å². The number of amides is 1. The smallest absolute Gasteiger partial charge is 0.416 e.